The molecule has 1 aromatic rings. The molecule has 3 nitrogen and oxygen atoms in total. The molecule has 0 aliphatic carbocycles. The molecule has 0 amide bonds. The van der Waals surface area contributed by atoms with Gasteiger partial charge in [0, 0.05) is 25.6 Å². The SMILES string of the molecule is CCC1CN(CCc2ccc3c(c2)CCO3)CCC1N. The van der Waals surface area contributed by atoms with Crippen LogP contribution < -0.4 is 10.5 Å². The standard InChI is InChI=1S/C17H26N2O/c1-2-14-12-19(9-6-16(14)18)8-5-13-3-4-17-15(11-13)7-10-20-17/h3-4,11,14,16H,2,5-10,12,18H2,1H3. The Kier molecular flexibility index (Phi) is 4.27. The average molecular weight is 274 g/mol. The van der Waals surface area contributed by atoms with Crippen molar-refractivity contribution in [1.82, 2.24) is 4.90 Å². The number of nitrogens with zero attached hydrogens (tertiary/aromatic N) is 1. The molecule has 1 fully saturated rings. The van der Waals surface area contributed by atoms with Gasteiger partial charge >= 0.3 is 0 Å². The summed E-state index contributed by atoms with van der Waals surface area (Å²) in [6.07, 6.45) is 4.56. The molecule has 3 heteroatoms. The Balaban J connectivity index is 1.54. The Morgan fingerprint density at radius 2 is 2.30 bits per heavy atom. The predicted molar refractivity (Wildman–Crippen MR) is 82.2 cm³/mol. The van der Waals surface area contributed by atoms with Crippen molar-refractivity contribution in [3.8, 4) is 5.75 Å². The molecule has 20 heavy (non-hydrogen) atoms. The predicted octanol–water partition coefficient (Wildman–Crippen LogP) is 2.22. The molecular formula is C17H26N2O. The molecule has 110 valence electrons. The molecule has 3 rings (SSSR count). The van der Waals surface area contributed by atoms with Crippen LogP contribution in [0.15, 0.2) is 18.2 Å². The van der Waals surface area contributed by atoms with Crippen LogP contribution in [-0.2, 0) is 12.8 Å². The van der Waals surface area contributed by atoms with Crippen molar-refractivity contribution in [3.05, 3.63) is 29.3 Å². The van der Waals surface area contributed by atoms with Crippen molar-refractivity contribution < 1.29 is 4.74 Å². The highest BCUT2D eigenvalue weighted by Gasteiger charge is 2.24. The summed E-state index contributed by atoms with van der Waals surface area (Å²) in [6, 6.07) is 7.10. The Labute approximate surface area is 122 Å². The lowest BCUT2D eigenvalue weighted by Gasteiger charge is -2.36. The summed E-state index contributed by atoms with van der Waals surface area (Å²) in [7, 11) is 0. The normalized spacial score (nSPS) is 26.3. The number of likely N-dealkylation sites (tertiary alicyclic amines) is 1. The second kappa shape index (κ2) is 6.15. The highest BCUT2D eigenvalue weighted by molar-refractivity contribution is 5.39. The minimum Gasteiger partial charge on any atom is -0.493 e. The van der Waals surface area contributed by atoms with Crippen LogP contribution in [0.1, 0.15) is 30.9 Å². The number of hydrogen-bond donors (Lipinski definition) is 1. The molecule has 0 bridgehead atoms. The summed E-state index contributed by atoms with van der Waals surface area (Å²) < 4.78 is 5.56. The first-order valence-corrected chi connectivity index (χ1v) is 7.99. The molecule has 0 saturated carbocycles. The second-order valence-electron chi connectivity index (χ2n) is 6.21. The first-order valence-electron chi connectivity index (χ1n) is 7.99. The molecule has 1 saturated heterocycles. The van der Waals surface area contributed by atoms with Crippen LogP contribution in [0.3, 0.4) is 0 Å². The Morgan fingerprint density at radius 1 is 1.40 bits per heavy atom. The van der Waals surface area contributed by atoms with E-state index in [1.165, 1.54) is 24.1 Å². The van der Waals surface area contributed by atoms with Gasteiger partial charge in [0.25, 0.3) is 0 Å². The Morgan fingerprint density at radius 3 is 3.15 bits per heavy atom. The van der Waals surface area contributed by atoms with Gasteiger partial charge in [0.2, 0.25) is 0 Å². The quantitative estimate of drug-likeness (QED) is 0.915. The van der Waals surface area contributed by atoms with Crippen LogP contribution in [0.4, 0.5) is 0 Å². The van der Waals surface area contributed by atoms with E-state index in [1.807, 2.05) is 0 Å². The maximum atomic E-state index is 6.18. The number of rotatable bonds is 4. The molecular weight excluding hydrogens is 248 g/mol. The molecule has 0 spiro atoms. The third-order valence-corrected chi connectivity index (χ3v) is 4.87. The lowest BCUT2D eigenvalue weighted by atomic mass is 9.90. The van der Waals surface area contributed by atoms with E-state index < -0.39 is 0 Å². The Bertz CT molecular complexity index is 460. The van der Waals surface area contributed by atoms with E-state index in [9.17, 15) is 0 Å². The number of ether oxygens (including phenoxy) is 1. The van der Waals surface area contributed by atoms with Crippen LogP contribution in [0.25, 0.3) is 0 Å². The monoisotopic (exact) mass is 274 g/mol. The number of nitrogens with two attached hydrogens (primary N) is 1. The third kappa shape index (κ3) is 2.99. The molecule has 0 radical (unpaired) electrons. The molecule has 2 unspecified atom stereocenters. The largest absolute Gasteiger partial charge is 0.493 e. The van der Waals surface area contributed by atoms with Crippen molar-refractivity contribution in [3.63, 3.8) is 0 Å². The minimum atomic E-state index is 0.411. The average Bonchev–Trinajstić information content (AvgIpc) is 2.94. The molecule has 2 heterocycles. The highest BCUT2D eigenvalue weighted by atomic mass is 16.5. The zero-order valence-electron chi connectivity index (χ0n) is 12.5. The Hall–Kier alpha value is -1.06. The van der Waals surface area contributed by atoms with E-state index >= 15 is 0 Å². The van der Waals surface area contributed by atoms with E-state index in [2.05, 4.69) is 30.0 Å². The summed E-state index contributed by atoms with van der Waals surface area (Å²) in [5.74, 6) is 1.76. The summed E-state index contributed by atoms with van der Waals surface area (Å²) in [5, 5.41) is 0. The van der Waals surface area contributed by atoms with E-state index in [-0.39, 0.29) is 0 Å². The van der Waals surface area contributed by atoms with Crippen molar-refractivity contribution in [2.45, 2.75) is 38.6 Å². The maximum absolute atomic E-state index is 6.18. The van der Waals surface area contributed by atoms with Gasteiger partial charge in [-0.1, -0.05) is 25.5 Å². The number of benzene rings is 1. The number of fused-ring (bicyclic) bond motifs is 1. The number of piperidine rings is 1. The summed E-state index contributed by atoms with van der Waals surface area (Å²) >= 11 is 0. The van der Waals surface area contributed by atoms with Crippen LogP contribution in [0.5, 0.6) is 5.75 Å². The van der Waals surface area contributed by atoms with Crippen LogP contribution in [0.2, 0.25) is 0 Å². The molecule has 2 aliphatic rings. The van der Waals surface area contributed by atoms with Gasteiger partial charge in [-0.2, -0.15) is 0 Å². The summed E-state index contributed by atoms with van der Waals surface area (Å²) in [5.41, 5.74) is 9.01. The van der Waals surface area contributed by atoms with Gasteiger partial charge in [0.05, 0.1) is 6.61 Å². The highest BCUT2D eigenvalue weighted by Crippen LogP contribution is 2.26. The van der Waals surface area contributed by atoms with Crippen molar-refractivity contribution in [2.75, 3.05) is 26.2 Å². The second-order valence-corrected chi connectivity index (χ2v) is 6.21. The smallest absolute Gasteiger partial charge is 0.122 e. The minimum absolute atomic E-state index is 0.411. The fraction of sp³-hybridized carbons (Fsp3) is 0.647. The molecule has 0 aromatic heterocycles. The van der Waals surface area contributed by atoms with Gasteiger partial charge in [-0.15, -0.1) is 0 Å². The van der Waals surface area contributed by atoms with E-state index in [4.69, 9.17) is 10.5 Å². The molecule has 2 atom stereocenters. The topological polar surface area (TPSA) is 38.5 Å². The number of hydrogen-bond acceptors (Lipinski definition) is 3. The summed E-state index contributed by atoms with van der Waals surface area (Å²) in [4.78, 5) is 2.58. The van der Waals surface area contributed by atoms with Crippen LogP contribution >= 0.6 is 0 Å². The van der Waals surface area contributed by atoms with Gasteiger partial charge < -0.3 is 15.4 Å². The zero-order valence-corrected chi connectivity index (χ0v) is 12.5. The van der Waals surface area contributed by atoms with E-state index in [0.29, 0.717) is 12.0 Å². The fourth-order valence-corrected chi connectivity index (χ4v) is 3.44. The third-order valence-electron chi connectivity index (χ3n) is 4.87. The van der Waals surface area contributed by atoms with E-state index in [1.54, 1.807) is 0 Å². The van der Waals surface area contributed by atoms with Crippen molar-refractivity contribution in [2.24, 2.45) is 11.7 Å². The molecule has 2 aliphatic heterocycles. The van der Waals surface area contributed by atoms with E-state index in [0.717, 1.165) is 44.7 Å². The first kappa shape index (κ1) is 13.9. The van der Waals surface area contributed by atoms with Crippen molar-refractivity contribution >= 4 is 0 Å². The lowest BCUT2D eigenvalue weighted by Crippen LogP contribution is -2.47. The first-order chi connectivity index (χ1) is 9.76. The zero-order chi connectivity index (χ0) is 13.9. The van der Waals surface area contributed by atoms with Crippen molar-refractivity contribution in [1.29, 1.82) is 0 Å². The van der Waals surface area contributed by atoms with Gasteiger partial charge in [0.15, 0.2) is 0 Å². The molecule has 1 aromatic carbocycles. The summed E-state index contributed by atoms with van der Waals surface area (Å²) in [6.45, 7) is 6.59. The van der Waals surface area contributed by atoms with Crippen LogP contribution in [-0.4, -0.2) is 37.2 Å². The van der Waals surface area contributed by atoms with Gasteiger partial charge in [0.1, 0.15) is 5.75 Å². The van der Waals surface area contributed by atoms with Gasteiger partial charge in [-0.05, 0) is 42.5 Å². The van der Waals surface area contributed by atoms with Gasteiger partial charge in [-0.25, -0.2) is 0 Å². The van der Waals surface area contributed by atoms with Crippen LogP contribution in [0, 0.1) is 5.92 Å². The maximum Gasteiger partial charge on any atom is 0.122 e. The van der Waals surface area contributed by atoms with Gasteiger partial charge in [-0.3, -0.25) is 0 Å². The molecule has 2 N–H and O–H groups in total. The lowest BCUT2D eigenvalue weighted by molar-refractivity contribution is 0.153. The fourth-order valence-electron chi connectivity index (χ4n) is 3.44.